The SMILES string of the molecule is O=C(CN1CCC(CNC(=O)[C@H]2CCCO2)CC1)NCc1ccccc1F. The van der Waals surface area contributed by atoms with Crippen molar-refractivity contribution in [1.82, 2.24) is 15.5 Å². The van der Waals surface area contributed by atoms with Crippen LogP contribution in [0.5, 0.6) is 0 Å². The minimum Gasteiger partial charge on any atom is -0.368 e. The van der Waals surface area contributed by atoms with Crippen molar-refractivity contribution in [3.05, 3.63) is 35.6 Å². The lowest BCUT2D eigenvalue weighted by Gasteiger charge is -2.31. The van der Waals surface area contributed by atoms with Gasteiger partial charge in [-0.2, -0.15) is 0 Å². The summed E-state index contributed by atoms with van der Waals surface area (Å²) in [6.07, 6.45) is 3.39. The van der Waals surface area contributed by atoms with Crippen LogP contribution in [-0.4, -0.2) is 55.6 Å². The Balaban J connectivity index is 1.31. The molecule has 0 aromatic heterocycles. The standard InChI is InChI=1S/C20H28FN3O3/c21-17-5-2-1-4-16(17)13-22-19(25)14-24-9-7-15(8-10-24)12-23-20(26)18-6-3-11-27-18/h1-2,4-5,15,18H,3,6-14H2,(H,22,25)(H,23,26)/t18-/m1/s1. The van der Waals surface area contributed by atoms with Crippen LogP contribution in [0.4, 0.5) is 4.39 Å². The molecule has 2 amide bonds. The molecule has 1 atom stereocenters. The number of hydrogen-bond acceptors (Lipinski definition) is 4. The number of amides is 2. The van der Waals surface area contributed by atoms with E-state index in [1.807, 2.05) is 0 Å². The van der Waals surface area contributed by atoms with Crippen molar-refractivity contribution < 1.29 is 18.7 Å². The van der Waals surface area contributed by atoms with Crippen molar-refractivity contribution in [1.29, 1.82) is 0 Å². The van der Waals surface area contributed by atoms with Gasteiger partial charge in [0, 0.05) is 25.3 Å². The summed E-state index contributed by atoms with van der Waals surface area (Å²) < 4.78 is 19.0. The molecule has 2 heterocycles. The molecule has 1 aromatic carbocycles. The molecule has 2 aliphatic rings. The molecule has 1 aromatic rings. The van der Waals surface area contributed by atoms with Crippen LogP contribution in [0.25, 0.3) is 0 Å². The monoisotopic (exact) mass is 377 g/mol. The van der Waals surface area contributed by atoms with Gasteiger partial charge in [-0.25, -0.2) is 4.39 Å². The summed E-state index contributed by atoms with van der Waals surface area (Å²) in [5.41, 5.74) is 0.492. The minimum absolute atomic E-state index is 0.00227. The third-order valence-corrected chi connectivity index (χ3v) is 5.30. The quantitative estimate of drug-likeness (QED) is 0.755. The summed E-state index contributed by atoms with van der Waals surface area (Å²) in [6, 6.07) is 6.46. The molecule has 2 saturated heterocycles. The number of piperidine rings is 1. The summed E-state index contributed by atoms with van der Waals surface area (Å²) in [5.74, 6) is 0.0441. The second-order valence-corrected chi connectivity index (χ2v) is 7.33. The molecule has 2 fully saturated rings. The molecule has 0 spiro atoms. The molecule has 27 heavy (non-hydrogen) atoms. The largest absolute Gasteiger partial charge is 0.368 e. The minimum atomic E-state index is -0.302. The summed E-state index contributed by atoms with van der Waals surface area (Å²) in [7, 11) is 0. The van der Waals surface area contributed by atoms with E-state index in [1.165, 1.54) is 6.07 Å². The fourth-order valence-electron chi connectivity index (χ4n) is 3.59. The van der Waals surface area contributed by atoms with Crippen molar-refractivity contribution >= 4 is 11.8 Å². The number of likely N-dealkylation sites (tertiary alicyclic amines) is 1. The van der Waals surface area contributed by atoms with Crippen LogP contribution in [0, 0.1) is 11.7 Å². The lowest BCUT2D eigenvalue weighted by Crippen LogP contribution is -2.44. The van der Waals surface area contributed by atoms with Crippen LogP contribution in [0.3, 0.4) is 0 Å². The number of halogens is 1. The van der Waals surface area contributed by atoms with E-state index in [0.29, 0.717) is 31.2 Å². The zero-order chi connectivity index (χ0) is 19.1. The molecule has 7 heteroatoms. The van der Waals surface area contributed by atoms with Crippen LogP contribution in [0.1, 0.15) is 31.2 Å². The Hall–Kier alpha value is -1.99. The molecule has 0 unspecified atom stereocenters. The van der Waals surface area contributed by atoms with Crippen molar-refractivity contribution in [3.63, 3.8) is 0 Å². The van der Waals surface area contributed by atoms with Gasteiger partial charge in [0.2, 0.25) is 11.8 Å². The highest BCUT2D eigenvalue weighted by Crippen LogP contribution is 2.17. The zero-order valence-electron chi connectivity index (χ0n) is 15.6. The van der Waals surface area contributed by atoms with E-state index in [9.17, 15) is 14.0 Å². The molecule has 2 aliphatic heterocycles. The van der Waals surface area contributed by atoms with Gasteiger partial charge in [-0.1, -0.05) is 18.2 Å². The van der Waals surface area contributed by atoms with Gasteiger partial charge in [-0.05, 0) is 50.8 Å². The van der Waals surface area contributed by atoms with E-state index in [2.05, 4.69) is 15.5 Å². The number of ether oxygens (including phenoxy) is 1. The van der Waals surface area contributed by atoms with Gasteiger partial charge in [0.25, 0.3) is 0 Å². The Bertz CT molecular complexity index is 641. The van der Waals surface area contributed by atoms with Crippen molar-refractivity contribution in [2.24, 2.45) is 5.92 Å². The molecule has 0 aliphatic carbocycles. The molecule has 0 radical (unpaired) electrons. The number of carbonyl (C=O) groups is 2. The Kier molecular flexibility index (Phi) is 7.18. The third kappa shape index (κ3) is 6.01. The topological polar surface area (TPSA) is 70.7 Å². The molecule has 0 bridgehead atoms. The Morgan fingerprint density at radius 2 is 1.93 bits per heavy atom. The molecular formula is C20H28FN3O3. The zero-order valence-corrected chi connectivity index (χ0v) is 15.6. The van der Waals surface area contributed by atoms with E-state index >= 15 is 0 Å². The number of hydrogen-bond donors (Lipinski definition) is 2. The number of rotatable bonds is 7. The van der Waals surface area contributed by atoms with Gasteiger partial charge in [-0.15, -0.1) is 0 Å². The maximum atomic E-state index is 13.6. The first-order valence-electron chi connectivity index (χ1n) is 9.73. The van der Waals surface area contributed by atoms with Gasteiger partial charge in [0.15, 0.2) is 0 Å². The second-order valence-electron chi connectivity index (χ2n) is 7.33. The Labute approximate surface area is 159 Å². The molecule has 6 nitrogen and oxygen atoms in total. The van der Waals surface area contributed by atoms with Crippen LogP contribution in [0.15, 0.2) is 24.3 Å². The van der Waals surface area contributed by atoms with Crippen LogP contribution >= 0.6 is 0 Å². The second kappa shape index (κ2) is 9.80. The van der Waals surface area contributed by atoms with Crippen molar-refractivity contribution in [3.8, 4) is 0 Å². The summed E-state index contributed by atoms with van der Waals surface area (Å²) in [6.45, 7) is 3.53. The van der Waals surface area contributed by atoms with Gasteiger partial charge < -0.3 is 15.4 Å². The first-order chi connectivity index (χ1) is 13.1. The lowest BCUT2D eigenvalue weighted by atomic mass is 9.96. The molecule has 148 valence electrons. The molecule has 2 N–H and O–H groups in total. The maximum Gasteiger partial charge on any atom is 0.249 e. The average molecular weight is 377 g/mol. The number of nitrogens with zero attached hydrogens (tertiary/aromatic N) is 1. The predicted octanol–water partition coefficient (Wildman–Crippen LogP) is 1.45. The predicted molar refractivity (Wildman–Crippen MR) is 99.4 cm³/mol. The highest BCUT2D eigenvalue weighted by atomic mass is 19.1. The number of carbonyl (C=O) groups excluding carboxylic acids is 2. The third-order valence-electron chi connectivity index (χ3n) is 5.30. The van der Waals surface area contributed by atoms with Gasteiger partial charge in [0.1, 0.15) is 11.9 Å². The van der Waals surface area contributed by atoms with E-state index < -0.39 is 0 Å². The first-order valence-corrected chi connectivity index (χ1v) is 9.73. The van der Waals surface area contributed by atoms with Crippen LogP contribution in [-0.2, 0) is 20.9 Å². The van der Waals surface area contributed by atoms with Crippen LogP contribution in [0.2, 0.25) is 0 Å². The molecule has 3 rings (SSSR count). The highest BCUT2D eigenvalue weighted by Gasteiger charge is 2.25. The maximum absolute atomic E-state index is 13.6. The summed E-state index contributed by atoms with van der Waals surface area (Å²) >= 11 is 0. The van der Waals surface area contributed by atoms with E-state index in [0.717, 1.165) is 38.8 Å². The number of benzene rings is 1. The van der Waals surface area contributed by atoms with Crippen molar-refractivity contribution in [2.45, 2.75) is 38.3 Å². The number of nitrogens with one attached hydrogen (secondary N) is 2. The van der Waals surface area contributed by atoms with Gasteiger partial charge in [0.05, 0.1) is 6.54 Å². The molecular weight excluding hydrogens is 349 g/mol. The fraction of sp³-hybridized carbons (Fsp3) is 0.600. The first kappa shape index (κ1) is 19.8. The van der Waals surface area contributed by atoms with Gasteiger partial charge in [-0.3, -0.25) is 14.5 Å². The van der Waals surface area contributed by atoms with E-state index in [4.69, 9.17) is 4.74 Å². The molecule has 0 saturated carbocycles. The normalized spacial score (nSPS) is 21.1. The van der Waals surface area contributed by atoms with Crippen molar-refractivity contribution in [2.75, 3.05) is 32.8 Å². The van der Waals surface area contributed by atoms with Gasteiger partial charge >= 0.3 is 0 Å². The Morgan fingerprint density at radius 3 is 2.63 bits per heavy atom. The average Bonchev–Trinajstić information content (AvgIpc) is 3.21. The summed E-state index contributed by atoms with van der Waals surface area (Å²) in [4.78, 5) is 26.2. The van der Waals surface area contributed by atoms with E-state index in [-0.39, 0.29) is 30.3 Å². The van der Waals surface area contributed by atoms with Crippen LogP contribution < -0.4 is 10.6 Å². The Morgan fingerprint density at radius 1 is 1.15 bits per heavy atom. The highest BCUT2D eigenvalue weighted by molar-refractivity contribution is 5.81. The fourth-order valence-corrected chi connectivity index (χ4v) is 3.59. The lowest BCUT2D eigenvalue weighted by molar-refractivity contribution is -0.130. The van der Waals surface area contributed by atoms with E-state index in [1.54, 1.807) is 18.2 Å². The smallest absolute Gasteiger partial charge is 0.249 e. The summed E-state index contributed by atoms with van der Waals surface area (Å²) in [5, 5.41) is 5.77.